The van der Waals surface area contributed by atoms with Crippen molar-refractivity contribution in [3.8, 4) is 11.5 Å². The molecular weight excluding hydrogens is 242 g/mol. The van der Waals surface area contributed by atoms with Crippen LogP contribution in [-0.2, 0) is 0 Å². The number of para-hydroxylation sites is 1. The predicted octanol–water partition coefficient (Wildman–Crippen LogP) is 2.68. The fraction of sp³-hybridized carbons (Fsp3) is 0.133. The summed E-state index contributed by atoms with van der Waals surface area (Å²) >= 11 is 0. The van der Waals surface area contributed by atoms with Gasteiger partial charge >= 0.3 is 0 Å². The van der Waals surface area contributed by atoms with Gasteiger partial charge in [0.05, 0.1) is 12.7 Å². The van der Waals surface area contributed by atoms with Crippen LogP contribution in [0.3, 0.4) is 0 Å². The van der Waals surface area contributed by atoms with Gasteiger partial charge in [0.2, 0.25) is 0 Å². The number of benzene rings is 2. The fourth-order valence-corrected chi connectivity index (χ4v) is 1.77. The molecule has 0 saturated heterocycles. The maximum absolute atomic E-state index is 12.3. The van der Waals surface area contributed by atoms with Gasteiger partial charge in [0.25, 0.3) is 5.91 Å². The third-order valence-electron chi connectivity index (χ3n) is 2.88. The van der Waals surface area contributed by atoms with Crippen LogP contribution >= 0.6 is 0 Å². The van der Waals surface area contributed by atoms with E-state index in [9.17, 15) is 9.90 Å². The zero-order chi connectivity index (χ0) is 13.8. The summed E-state index contributed by atoms with van der Waals surface area (Å²) in [6.07, 6.45) is 0. The largest absolute Gasteiger partial charge is 0.507 e. The van der Waals surface area contributed by atoms with Crippen LogP contribution < -0.4 is 9.64 Å². The second-order valence-electron chi connectivity index (χ2n) is 4.08. The predicted molar refractivity (Wildman–Crippen MR) is 73.8 cm³/mol. The van der Waals surface area contributed by atoms with Gasteiger partial charge < -0.3 is 14.7 Å². The molecule has 2 aromatic carbocycles. The van der Waals surface area contributed by atoms with Crippen molar-refractivity contribution in [2.75, 3.05) is 19.1 Å². The molecule has 0 saturated carbocycles. The Morgan fingerprint density at radius 1 is 1.16 bits per heavy atom. The maximum atomic E-state index is 12.3. The zero-order valence-electron chi connectivity index (χ0n) is 10.8. The van der Waals surface area contributed by atoms with Gasteiger partial charge in [-0.05, 0) is 24.3 Å². The lowest BCUT2D eigenvalue weighted by molar-refractivity contribution is 0.0990. The summed E-state index contributed by atoms with van der Waals surface area (Å²) in [5.74, 6) is 0.378. The van der Waals surface area contributed by atoms with Gasteiger partial charge in [0.1, 0.15) is 11.5 Å². The third kappa shape index (κ3) is 2.68. The summed E-state index contributed by atoms with van der Waals surface area (Å²) in [5, 5.41) is 9.71. The lowest BCUT2D eigenvalue weighted by Crippen LogP contribution is -2.26. The van der Waals surface area contributed by atoms with E-state index in [1.54, 1.807) is 44.5 Å². The molecule has 0 aromatic heterocycles. The second-order valence-corrected chi connectivity index (χ2v) is 4.08. The molecule has 0 spiro atoms. The molecule has 0 heterocycles. The number of hydrogen-bond acceptors (Lipinski definition) is 3. The summed E-state index contributed by atoms with van der Waals surface area (Å²) in [6, 6.07) is 13.7. The van der Waals surface area contributed by atoms with E-state index in [0.717, 1.165) is 0 Å². The highest BCUT2D eigenvalue weighted by Gasteiger charge is 2.16. The smallest absolute Gasteiger partial charge is 0.261 e. The van der Waals surface area contributed by atoms with Gasteiger partial charge in [0, 0.05) is 18.8 Å². The van der Waals surface area contributed by atoms with E-state index in [-0.39, 0.29) is 17.2 Å². The lowest BCUT2D eigenvalue weighted by Gasteiger charge is -2.18. The van der Waals surface area contributed by atoms with E-state index in [4.69, 9.17) is 4.74 Å². The van der Waals surface area contributed by atoms with Gasteiger partial charge in [0.15, 0.2) is 0 Å². The molecule has 0 bridgehead atoms. The minimum absolute atomic E-state index is 0.0257. The van der Waals surface area contributed by atoms with Crippen molar-refractivity contribution in [2.24, 2.45) is 0 Å². The molecule has 1 N–H and O–H groups in total. The van der Waals surface area contributed by atoms with E-state index in [1.165, 1.54) is 11.0 Å². The molecule has 0 aliphatic carbocycles. The molecule has 0 unspecified atom stereocenters. The molecule has 4 heteroatoms. The third-order valence-corrected chi connectivity index (χ3v) is 2.88. The molecule has 0 aliphatic heterocycles. The molecule has 4 nitrogen and oxygen atoms in total. The van der Waals surface area contributed by atoms with Crippen molar-refractivity contribution in [2.45, 2.75) is 0 Å². The van der Waals surface area contributed by atoms with Crippen LogP contribution in [0.4, 0.5) is 5.69 Å². The molecular formula is C15H15NO3. The average molecular weight is 257 g/mol. The molecule has 19 heavy (non-hydrogen) atoms. The SMILES string of the molecule is COc1cccc(N(C)C(=O)c2ccccc2O)c1. The quantitative estimate of drug-likeness (QED) is 0.919. The molecule has 0 radical (unpaired) electrons. The summed E-state index contributed by atoms with van der Waals surface area (Å²) in [4.78, 5) is 13.8. The highest BCUT2D eigenvalue weighted by atomic mass is 16.5. The Bertz CT molecular complexity index is 595. The maximum Gasteiger partial charge on any atom is 0.261 e. The van der Waals surface area contributed by atoms with Gasteiger partial charge in [-0.2, -0.15) is 0 Å². The Hall–Kier alpha value is -2.49. The van der Waals surface area contributed by atoms with Crippen molar-refractivity contribution in [1.82, 2.24) is 0 Å². The van der Waals surface area contributed by atoms with Crippen LogP contribution in [0.15, 0.2) is 48.5 Å². The molecule has 1 amide bonds. The number of anilines is 1. The van der Waals surface area contributed by atoms with Crippen molar-refractivity contribution in [1.29, 1.82) is 0 Å². The number of carbonyl (C=O) groups excluding carboxylic acids is 1. The fourth-order valence-electron chi connectivity index (χ4n) is 1.77. The highest BCUT2D eigenvalue weighted by Crippen LogP contribution is 2.24. The van der Waals surface area contributed by atoms with Crippen molar-refractivity contribution in [3.63, 3.8) is 0 Å². The van der Waals surface area contributed by atoms with E-state index >= 15 is 0 Å². The Morgan fingerprint density at radius 3 is 2.58 bits per heavy atom. The van der Waals surface area contributed by atoms with Crippen molar-refractivity contribution >= 4 is 11.6 Å². The first-order valence-corrected chi connectivity index (χ1v) is 5.83. The Kier molecular flexibility index (Phi) is 3.71. The summed E-state index contributed by atoms with van der Waals surface area (Å²) in [7, 11) is 3.23. The second kappa shape index (κ2) is 5.44. The van der Waals surface area contributed by atoms with Gasteiger partial charge in [-0.15, -0.1) is 0 Å². The van der Waals surface area contributed by atoms with Crippen molar-refractivity contribution < 1.29 is 14.6 Å². The molecule has 2 aromatic rings. The first-order chi connectivity index (χ1) is 9.13. The topological polar surface area (TPSA) is 49.8 Å². The minimum atomic E-state index is -0.272. The highest BCUT2D eigenvalue weighted by molar-refractivity contribution is 6.07. The lowest BCUT2D eigenvalue weighted by atomic mass is 10.1. The van der Waals surface area contributed by atoms with Crippen LogP contribution in [0.1, 0.15) is 10.4 Å². The van der Waals surface area contributed by atoms with Gasteiger partial charge in [-0.25, -0.2) is 0 Å². The molecule has 0 aliphatic rings. The number of aromatic hydroxyl groups is 1. The average Bonchev–Trinajstić information content (AvgIpc) is 2.46. The monoisotopic (exact) mass is 257 g/mol. The van der Waals surface area contributed by atoms with Crippen LogP contribution in [-0.4, -0.2) is 25.2 Å². The number of phenolic OH excluding ortho intramolecular Hbond substituents is 1. The Morgan fingerprint density at radius 2 is 1.89 bits per heavy atom. The van der Waals surface area contributed by atoms with Gasteiger partial charge in [-0.1, -0.05) is 18.2 Å². The number of carbonyl (C=O) groups is 1. The van der Waals surface area contributed by atoms with E-state index in [0.29, 0.717) is 11.4 Å². The molecule has 0 atom stereocenters. The molecule has 0 fully saturated rings. The standard InChI is InChI=1S/C15H15NO3/c1-16(11-6-5-7-12(10-11)19-2)15(18)13-8-3-4-9-14(13)17/h3-10,17H,1-2H3. The summed E-state index contributed by atoms with van der Waals surface area (Å²) < 4.78 is 5.13. The Labute approximate surface area is 111 Å². The van der Waals surface area contributed by atoms with Crippen LogP contribution in [0, 0.1) is 0 Å². The van der Waals surface area contributed by atoms with Crippen LogP contribution in [0.25, 0.3) is 0 Å². The van der Waals surface area contributed by atoms with Crippen molar-refractivity contribution in [3.05, 3.63) is 54.1 Å². The Balaban J connectivity index is 2.31. The number of ether oxygens (including phenoxy) is 1. The first kappa shape index (κ1) is 13.0. The van der Waals surface area contributed by atoms with Crippen LogP contribution in [0.5, 0.6) is 11.5 Å². The number of phenols is 1. The molecule has 98 valence electrons. The van der Waals surface area contributed by atoms with E-state index in [2.05, 4.69) is 0 Å². The summed E-state index contributed by atoms with van der Waals surface area (Å²) in [5.41, 5.74) is 0.973. The number of rotatable bonds is 3. The number of methoxy groups -OCH3 is 1. The first-order valence-electron chi connectivity index (χ1n) is 5.83. The minimum Gasteiger partial charge on any atom is -0.507 e. The number of amides is 1. The van der Waals surface area contributed by atoms with E-state index < -0.39 is 0 Å². The zero-order valence-corrected chi connectivity index (χ0v) is 10.8. The van der Waals surface area contributed by atoms with Crippen LogP contribution in [0.2, 0.25) is 0 Å². The molecule has 2 rings (SSSR count). The number of nitrogens with zero attached hydrogens (tertiary/aromatic N) is 1. The normalized spacial score (nSPS) is 10.0. The van der Waals surface area contributed by atoms with Gasteiger partial charge in [-0.3, -0.25) is 4.79 Å². The summed E-state index contributed by atoms with van der Waals surface area (Å²) in [6.45, 7) is 0. The number of hydrogen-bond donors (Lipinski definition) is 1. The van der Waals surface area contributed by atoms with E-state index in [1.807, 2.05) is 12.1 Å².